The second-order valence-electron chi connectivity index (χ2n) is 5.10. The van der Waals surface area contributed by atoms with Gasteiger partial charge in [-0.1, -0.05) is 47.1 Å². The Morgan fingerprint density at radius 1 is 1.10 bits per heavy atom. The molecule has 0 spiro atoms. The monoisotopic (exact) mass is 330 g/mol. The van der Waals surface area contributed by atoms with Crippen LogP contribution in [-0.4, -0.2) is 15.0 Å². The largest absolute Gasteiger partial charge is 0.381 e. The number of halogens is 1. The maximum Gasteiger partial charge on any atom is 0.169 e. The first kappa shape index (κ1) is 13.1. The Labute approximate surface area is 125 Å². The van der Waals surface area contributed by atoms with E-state index in [4.69, 9.17) is 5.73 Å². The molecule has 0 amide bonds. The minimum atomic E-state index is 0.269. The van der Waals surface area contributed by atoms with Crippen molar-refractivity contribution in [2.75, 3.05) is 5.73 Å². The average Bonchev–Trinajstić information content (AvgIpc) is 2.80. The van der Waals surface area contributed by atoms with Crippen LogP contribution >= 0.6 is 15.9 Å². The van der Waals surface area contributed by atoms with Gasteiger partial charge >= 0.3 is 0 Å². The summed E-state index contributed by atoms with van der Waals surface area (Å²) in [7, 11) is 0. The zero-order valence-corrected chi connectivity index (χ0v) is 12.9. The van der Waals surface area contributed by atoms with Crippen LogP contribution in [0.2, 0.25) is 0 Å². The number of fused-ring (bicyclic) bond motifs is 1. The third kappa shape index (κ3) is 2.18. The third-order valence-corrected chi connectivity index (χ3v) is 3.80. The number of rotatable bonds is 2. The van der Waals surface area contributed by atoms with Gasteiger partial charge < -0.3 is 5.73 Å². The van der Waals surface area contributed by atoms with Crippen molar-refractivity contribution in [3.63, 3.8) is 0 Å². The molecule has 0 unspecified atom stereocenters. The maximum atomic E-state index is 5.91. The quantitative estimate of drug-likeness (QED) is 0.775. The van der Waals surface area contributed by atoms with Gasteiger partial charge in [0.2, 0.25) is 0 Å². The number of hydrogen-bond acceptors (Lipinski definition) is 3. The van der Waals surface area contributed by atoms with Crippen LogP contribution in [0.15, 0.2) is 40.9 Å². The van der Waals surface area contributed by atoms with E-state index in [1.807, 2.05) is 16.8 Å². The number of nitrogens with two attached hydrogens (primary N) is 1. The highest BCUT2D eigenvalue weighted by Gasteiger charge is 2.15. The van der Waals surface area contributed by atoms with E-state index in [1.165, 1.54) is 5.39 Å². The third-order valence-electron chi connectivity index (χ3n) is 3.31. The van der Waals surface area contributed by atoms with Gasteiger partial charge in [-0.2, -0.15) is 0 Å². The van der Waals surface area contributed by atoms with Crippen molar-refractivity contribution in [2.45, 2.75) is 19.8 Å². The Morgan fingerprint density at radius 2 is 1.80 bits per heavy atom. The molecule has 2 aromatic carbocycles. The molecular formula is C15H15BrN4. The number of nitrogens with zero attached hydrogens (tertiary/aromatic N) is 3. The summed E-state index contributed by atoms with van der Waals surface area (Å²) in [4.78, 5) is 0. The molecule has 0 aliphatic heterocycles. The fourth-order valence-corrected chi connectivity index (χ4v) is 2.75. The molecule has 3 rings (SSSR count). The van der Waals surface area contributed by atoms with E-state index in [0.717, 1.165) is 21.2 Å². The molecule has 0 fully saturated rings. The molecule has 1 heterocycles. The molecule has 0 aliphatic carbocycles. The summed E-state index contributed by atoms with van der Waals surface area (Å²) >= 11 is 3.49. The summed E-state index contributed by atoms with van der Waals surface area (Å²) in [6.07, 6.45) is 0. The molecule has 0 saturated heterocycles. The normalized spacial score (nSPS) is 11.4. The Bertz CT molecular complexity index is 777. The first-order valence-corrected chi connectivity index (χ1v) is 7.26. The summed E-state index contributed by atoms with van der Waals surface area (Å²) in [5.74, 6) is 0.765. The van der Waals surface area contributed by atoms with Crippen LogP contribution in [0.4, 0.5) is 5.82 Å². The standard InChI is InChI=1S/C15H15BrN4/c1-9(2)14-15(17)18-19-20(14)13-6-4-10-7-12(16)5-3-11(10)8-13/h3-9H,17H2,1-2H3. The number of anilines is 1. The minimum absolute atomic E-state index is 0.269. The highest BCUT2D eigenvalue weighted by Crippen LogP contribution is 2.26. The first-order chi connectivity index (χ1) is 9.56. The van der Waals surface area contributed by atoms with Gasteiger partial charge in [0.05, 0.1) is 11.4 Å². The molecule has 5 heteroatoms. The maximum absolute atomic E-state index is 5.91. The summed E-state index contributed by atoms with van der Waals surface area (Å²) in [5, 5.41) is 10.5. The molecule has 2 N–H and O–H groups in total. The van der Waals surface area contributed by atoms with Crippen LogP contribution in [0.3, 0.4) is 0 Å². The van der Waals surface area contributed by atoms with E-state index in [-0.39, 0.29) is 5.92 Å². The van der Waals surface area contributed by atoms with Gasteiger partial charge in [0.25, 0.3) is 0 Å². The summed E-state index contributed by atoms with van der Waals surface area (Å²) < 4.78 is 2.90. The van der Waals surface area contributed by atoms with Crippen molar-refractivity contribution in [2.24, 2.45) is 0 Å². The highest BCUT2D eigenvalue weighted by atomic mass is 79.9. The second kappa shape index (κ2) is 4.90. The Balaban J connectivity index is 2.18. The number of hydrogen-bond donors (Lipinski definition) is 1. The van der Waals surface area contributed by atoms with Crippen molar-refractivity contribution in [1.82, 2.24) is 15.0 Å². The molecule has 20 heavy (non-hydrogen) atoms. The molecule has 0 saturated carbocycles. The van der Waals surface area contributed by atoms with Crippen LogP contribution in [0.1, 0.15) is 25.5 Å². The molecule has 0 bridgehead atoms. The minimum Gasteiger partial charge on any atom is -0.381 e. The van der Waals surface area contributed by atoms with E-state index in [0.29, 0.717) is 5.82 Å². The van der Waals surface area contributed by atoms with Gasteiger partial charge in [-0.05, 0) is 41.0 Å². The molecule has 1 aromatic heterocycles. The Morgan fingerprint density at radius 3 is 2.55 bits per heavy atom. The van der Waals surface area contributed by atoms with Gasteiger partial charge in [-0.25, -0.2) is 4.68 Å². The lowest BCUT2D eigenvalue weighted by atomic mass is 10.1. The number of benzene rings is 2. The van der Waals surface area contributed by atoms with E-state index >= 15 is 0 Å². The molecule has 4 nitrogen and oxygen atoms in total. The van der Waals surface area contributed by atoms with Crippen molar-refractivity contribution in [3.8, 4) is 5.69 Å². The molecule has 3 aromatic rings. The first-order valence-electron chi connectivity index (χ1n) is 6.47. The van der Waals surface area contributed by atoms with Crippen molar-refractivity contribution >= 4 is 32.5 Å². The van der Waals surface area contributed by atoms with E-state index in [9.17, 15) is 0 Å². The summed E-state index contributed by atoms with van der Waals surface area (Å²) in [5.41, 5.74) is 7.84. The average molecular weight is 331 g/mol. The molecule has 0 aliphatic rings. The van der Waals surface area contributed by atoms with Crippen molar-refractivity contribution in [3.05, 3.63) is 46.6 Å². The molecule has 0 atom stereocenters. The van der Waals surface area contributed by atoms with E-state index < -0.39 is 0 Å². The molecule has 0 radical (unpaired) electrons. The second-order valence-corrected chi connectivity index (χ2v) is 6.02. The number of nitrogen functional groups attached to an aromatic ring is 1. The lowest BCUT2D eigenvalue weighted by molar-refractivity contribution is 0.716. The summed E-state index contributed by atoms with van der Waals surface area (Å²) in [6.45, 7) is 4.17. The Hall–Kier alpha value is -1.88. The molecular weight excluding hydrogens is 316 g/mol. The fourth-order valence-electron chi connectivity index (χ4n) is 2.37. The van der Waals surface area contributed by atoms with Crippen molar-refractivity contribution < 1.29 is 0 Å². The zero-order chi connectivity index (χ0) is 14.3. The van der Waals surface area contributed by atoms with Crippen LogP contribution < -0.4 is 5.73 Å². The SMILES string of the molecule is CC(C)c1c(N)nnn1-c1ccc2cc(Br)ccc2c1. The summed E-state index contributed by atoms with van der Waals surface area (Å²) in [6, 6.07) is 12.4. The van der Waals surface area contributed by atoms with Gasteiger partial charge in [0.15, 0.2) is 5.82 Å². The lowest BCUT2D eigenvalue weighted by Gasteiger charge is -2.10. The number of aromatic nitrogens is 3. The predicted molar refractivity (Wildman–Crippen MR) is 85.1 cm³/mol. The Kier molecular flexibility index (Phi) is 3.22. The smallest absolute Gasteiger partial charge is 0.169 e. The van der Waals surface area contributed by atoms with E-state index in [2.05, 4.69) is 64.4 Å². The lowest BCUT2D eigenvalue weighted by Crippen LogP contribution is -2.05. The highest BCUT2D eigenvalue weighted by molar-refractivity contribution is 9.10. The predicted octanol–water partition coefficient (Wildman–Crippen LogP) is 3.89. The zero-order valence-electron chi connectivity index (χ0n) is 11.3. The van der Waals surface area contributed by atoms with Gasteiger partial charge in [-0.15, -0.1) is 5.10 Å². The molecule has 102 valence electrons. The fraction of sp³-hybridized carbons (Fsp3) is 0.200. The van der Waals surface area contributed by atoms with Crippen LogP contribution in [0.25, 0.3) is 16.5 Å². The van der Waals surface area contributed by atoms with Crippen LogP contribution in [0, 0.1) is 0 Å². The topological polar surface area (TPSA) is 56.7 Å². The van der Waals surface area contributed by atoms with Crippen molar-refractivity contribution in [1.29, 1.82) is 0 Å². The van der Waals surface area contributed by atoms with Gasteiger partial charge in [0, 0.05) is 4.47 Å². The van der Waals surface area contributed by atoms with Crippen LogP contribution in [-0.2, 0) is 0 Å². The van der Waals surface area contributed by atoms with Crippen LogP contribution in [0.5, 0.6) is 0 Å². The van der Waals surface area contributed by atoms with Gasteiger partial charge in [0.1, 0.15) is 0 Å². The van der Waals surface area contributed by atoms with Gasteiger partial charge in [-0.3, -0.25) is 0 Å². The van der Waals surface area contributed by atoms with E-state index in [1.54, 1.807) is 0 Å².